The van der Waals surface area contributed by atoms with Gasteiger partial charge in [-0.3, -0.25) is 0 Å². The number of carbonyl (C=O) groups is 1. The summed E-state index contributed by atoms with van der Waals surface area (Å²) in [6, 6.07) is 1.55. The molecular weight excluding hydrogens is 378 g/mol. The highest BCUT2D eigenvalue weighted by atomic mass is 32.2. The number of benzene rings is 1. The second-order valence-corrected chi connectivity index (χ2v) is 10.1. The Bertz CT molecular complexity index is 1140. The summed E-state index contributed by atoms with van der Waals surface area (Å²) in [5.41, 5.74) is 5.93. The summed E-state index contributed by atoms with van der Waals surface area (Å²) >= 11 is 0. The maximum Gasteiger partial charge on any atom is 0.354 e. The minimum Gasteiger partial charge on any atom is -0.476 e. The average Bonchev–Trinajstić information content (AvgIpc) is 3.17. The molecule has 2 aromatic rings. The van der Waals surface area contributed by atoms with Crippen molar-refractivity contribution in [3.8, 4) is 5.88 Å². The number of aryl methyl sites for hydroxylation is 2. The van der Waals surface area contributed by atoms with Crippen LogP contribution in [0.5, 0.6) is 5.88 Å². The third kappa shape index (κ3) is 2.35. The highest BCUT2D eigenvalue weighted by molar-refractivity contribution is 7.91. The van der Waals surface area contributed by atoms with Crippen LogP contribution in [0.15, 0.2) is 21.5 Å². The van der Waals surface area contributed by atoms with Gasteiger partial charge in [0.05, 0.1) is 19.3 Å². The zero-order valence-electron chi connectivity index (χ0n) is 15.4. The highest BCUT2D eigenvalue weighted by Crippen LogP contribution is 2.50. The van der Waals surface area contributed by atoms with E-state index in [0.29, 0.717) is 12.5 Å². The van der Waals surface area contributed by atoms with Crippen LogP contribution in [0.3, 0.4) is 0 Å². The quantitative estimate of drug-likeness (QED) is 0.806. The third-order valence-electron chi connectivity index (χ3n) is 6.50. The van der Waals surface area contributed by atoms with Crippen molar-refractivity contribution in [1.82, 2.24) is 9.78 Å². The molecular formula is C19H21N5O3S. The van der Waals surface area contributed by atoms with E-state index in [1.807, 2.05) is 0 Å². The van der Waals surface area contributed by atoms with Crippen LogP contribution in [0.4, 0.5) is 10.5 Å². The first-order valence-corrected chi connectivity index (χ1v) is 11.2. The van der Waals surface area contributed by atoms with Crippen molar-refractivity contribution in [2.45, 2.75) is 50.0 Å². The number of nitrogens with two attached hydrogens (primary N) is 1. The number of anilines is 1. The molecule has 1 aromatic carbocycles. The van der Waals surface area contributed by atoms with Gasteiger partial charge in [0.15, 0.2) is 9.92 Å². The number of nitrogens with one attached hydrogen (secondary N) is 1. The number of ether oxygens (including phenoxy) is 1. The van der Waals surface area contributed by atoms with Gasteiger partial charge in [0.1, 0.15) is 4.90 Å². The Morgan fingerprint density at radius 1 is 1.25 bits per heavy atom. The van der Waals surface area contributed by atoms with Gasteiger partial charge >= 0.3 is 6.03 Å². The van der Waals surface area contributed by atoms with Crippen LogP contribution < -0.4 is 15.2 Å². The monoisotopic (exact) mass is 399 g/mol. The highest BCUT2D eigenvalue weighted by Gasteiger charge is 2.48. The number of aromatic nitrogens is 2. The second-order valence-electron chi connectivity index (χ2n) is 8.38. The zero-order valence-corrected chi connectivity index (χ0v) is 16.2. The lowest BCUT2D eigenvalue weighted by atomic mass is 9.76. The summed E-state index contributed by atoms with van der Waals surface area (Å²) in [5, 5.41) is 13.1. The minimum absolute atomic E-state index is 0.164. The Labute approximate surface area is 162 Å². The fraction of sp³-hybridized carbons (Fsp3) is 0.474. The molecule has 1 unspecified atom stereocenters. The molecule has 1 atom stereocenters. The van der Waals surface area contributed by atoms with Gasteiger partial charge in [0.2, 0.25) is 5.88 Å². The van der Waals surface area contributed by atoms with Gasteiger partial charge in [-0.2, -0.15) is 5.10 Å². The Hall–Kier alpha value is -2.39. The summed E-state index contributed by atoms with van der Waals surface area (Å²) in [5.74, 6) is 0.370. The molecule has 2 heterocycles. The molecule has 3 aliphatic carbocycles. The van der Waals surface area contributed by atoms with E-state index in [4.69, 9.17) is 9.88 Å². The Kier molecular flexibility index (Phi) is 3.17. The van der Waals surface area contributed by atoms with E-state index in [0.717, 1.165) is 50.8 Å². The number of amides is 2. The van der Waals surface area contributed by atoms with Crippen LogP contribution in [-0.2, 0) is 42.1 Å². The molecule has 0 bridgehead atoms. The summed E-state index contributed by atoms with van der Waals surface area (Å²) < 4.78 is 24.4. The lowest BCUT2D eigenvalue weighted by Gasteiger charge is -2.31. The molecule has 8 nitrogen and oxygen atoms in total. The normalized spacial score (nSPS) is 21.8. The summed E-state index contributed by atoms with van der Waals surface area (Å²) in [7, 11) is -3.45. The number of rotatable bonds is 2. The van der Waals surface area contributed by atoms with E-state index >= 15 is 0 Å². The van der Waals surface area contributed by atoms with Crippen molar-refractivity contribution < 1.29 is 13.7 Å². The molecule has 28 heavy (non-hydrogen) atoms. The van der Waals surface area contributed by atoms with Crippen LogP contribution in [-0.4, -0.2) is 26.6 Å². The summed E-state index contributed by atoms with van der Waals surface area (Å²) in [6.45, 7) is 1.29. The van der Waals surface area contributed by atoms with Crippen molar-refractivity contribution in [2.24, 2.45) is 14.9 Å². The predicted octanol–water partition coefficient (Wildman–Crippen LogP) is 2.19. The first kappa shape index (κ1) is 16.6. The van der Waals surface area contributed by atoms with Gasteiger partial charge < -0.3 is 10.1 Å². The van der Waals surface area contributed by atoms with E-state index < -0.39 is 15.9 Å². The van der Waals surface area contributed by atoms with Gasteiger partial charge in [-0.25, -0.2) is 18.8 Å². The van der Waals surface area contributed by atoms with Crippen molar-refractivity contribution in [2.75, 3.05) is 11.9 Å². The fourth-order valence-corrected chi connectivity index (χ4v) is 5.41. The number of carbonyl (C=O) groups excluding carboxylic acids is 1. The van der Waals surface area contributed by atoms with E-state index in [-0.39, 0.29) is 10.3 Å². The number of urea groups is 1. The predicted molar refractivity (Wildman–Crippen MR) is 103 cm³/mol. The number of hydrogen-bond donors (Lipinski definition) is 2. The third-order valence-corrected chi connectivity index (χ3v) is 7.85. The minimum atomic E-state index is -3.45. The molecule has 9 heteroatoms. The van der Waals surface area contributed by atoms with Gasteiger partial charge in [0.25, 0.3) is 0 Å². The topological polar surface area (TPSA) is 112 Å². The maximum atomic E-state index is 13.0. The van der Waals surface area contributed by atoms with Gasteiger partial charge in [-0.05, 0) is 60.8 Å². The molecule has 1 aliphatic heterocycles. The van der Waals surface area contributed by atoms with Crippen molar-refractivity contribution >= 4 is 21.6 Å². The largest absolute Gasteiger partial charge is 0.476 e. The smallest absolute Gasteiger partial charge is 0.354 e. The molecule has 1 spiro atoms. The van der Waals surface area contributed by atoms with Gasteiger partial charge in [-0.1, -0.05) is 6.07 Å². The van der Waals surface area contributed by atoms with E-state index in [1.54, 1.807) is 4.68 Å². The average molecular weight is 399 g/mol. The number of nitrogens with zero attached hydrogens (tertiary/aromatic N) is 3. The molecule has 146 valence electrons. The van der Waals surface area contributed by atoms with Crippen molar-refractivity contribution in [3.05, 3.63) is 34.5 Å². The lowest BCUT2D eigenvalue weighted by Crippen LogP contribution is -2.28. The summed E-state index contributed by atoms with van der Waals surface area (Å²) in [6.07, 6.45) is 7.61. The number of hydrogen-bond acceptors (Lipinski definition) is 4. The molecule has 3 N–H and O–H groups in total. The van der Waals surface area contributed by atoms with Crippen LogP contribution in [0.25, 0.3) is 0 Å². The molecule has 6 rings (SSSR count). The zero-order chi connectivity index (χ0) is 19.1. The summed E-state index contributed by atoms with van der Waals surface area (Å²) in [4.78, 5) is 12.8. The molecule has 0 saturated heterocycles. The maximum absolute atomic E-state index is 13.0. The standard InChI is InChI=1S/C19H21N5O3S/c20-28(26,15-8-21-24-9-19(5-6-19)10-27-17(15)24)23-18(25)22-16-13-3-1-11(13)7-12-2-4-14(12)16/h7-8H,1-6,9-10H2,(H3,20,22,23,25,26). The van der Waals surface area contributed by atoms with Crippen molar-refractivity contribution in [3.63, 3.8) is 0 Å². The van der Waals surface area contributed by atoms with E-state index in [9.17, 15) is 9.00 Å². The van der Waals surface area contributed by atoms with Crippen molar-refractivity contribution in [1.29, 1.82) is 0 Å². The Balaban J connectivity index is 1.31. The first-order chi connectivity index (χ1) is 13.4. The SMILES string of the molecule is NS(=O)(=NC(=O)Nc1c2c(cc3c1CC3)CC2)c1cnn2c1OCC1(CC1)C2. The lowest BCUT2D eigenvalue weighted by molar-refractivity contribution is 0.144. The molecule has 1 aromatic heterocycles. The fourth-order valence-electron chi connectivity index (χ4n) is 4.40. The molecule has 1 saturated carbocycles. The van der Waals surface area contributed by atoms with Gasteiger partial charge in [0, 0.05) is 11.1 Å². The van der Waals surface area contributed by atoms with Crippen LogP contribution in [0.2, 0.25) is 0 Å². The molecule has 2 amide bonds. The van der Waals surface area contributed by atoms with Crippen LogP contribution >= 0.6 is 0 Å². The Morgan fingerprint density at radius 2 is 1.96 bits per heavy atom. The number of fused-ring (bicyclic) bond motifs is 3. The molecule has 4 aliphatic rings. The molecule has 0 radical (unpaired) electrons. The van der Waals surface area contributed by atoms with Gasteiger partial charge in [-0.15, -0.1) is 4.36 Å². The Morgan fingerprint density at radius 3 is 2.57 bits per heavy atom. The first-order valence-electron chi connectivity index (χ1n) is 9.65. The second kappa shape index (κ2) is 5.36. The molecule has 1 fully saturated rings. The van der Waals surface area contributed by atoms with E-state index in [2.05, 4.69) is 20.8 Å². The van der Waals surface area contributed by atoms with Crippen LogP contribution in [0, 0.1) is 5.41 Å². The van der Waals surface area contributed by atoms with E-state index in [1.165, 1.54) is 28.5 Å². The van der Waals surface area contributed by atoms with Crippen LogP contribution in [0.1, 0.15) is 35.1 Å².